The van der Waals surface area contributed by atoms with Crippen LogP contribution in [-0.2, 0) is 11.3 Å². The minimum Gasteiger partial charge on any atom is -0.497 e. The van der Waals surface area contributed by atoms with Gasteiger partial charge in [-0.1, -0.05) is 30.3 Å². The molecular weight excluding hydrogens is 364 g/mol. The zero-order valence-electron chi connectivity index (χ0n) is 17.2. The Morgan fingerprint density at radius 2 is 1.76 bits per heavy atom. The number of rotatable bonds is 7. The van der Waals surface area contributed by atoms with Crippen molar-refractivity contribution in [3.05, 3.63) is 71.8 Å². The highest BCUT2D eigenvalue weighted by atomic mass is 16.5. The van der Waals surface area contributed by atoms with Crippen LogP contribution in [0.25, 0.3) is 10.8 Å². The number of benzene rings is 3. The summed E-state index contributed by atoms with van der Waals surface area (Å²) in [7, 11) is 3.59. The fraction of sp³-hybridized carbons (Fsp3) is 0.250. The molecule has 0 radical (unpaired) electrons. The topological polar surface area (TPSA) is 58.6 Å². The molecule has 5 nitrogen and oxygen atoms in total. The van der Waals surface area contributed by atoms with Crippen molar-refractivity contribution in [3.8, 4) is 5.75 Å². The highest BCUT2D eigenvalue weighted by Crippen LogP contribution is 2.22. The van der Waals surface area contributed by atoms with Gasteiger partial charge in [-0.25, -0.2) is 0 Å². The van der Waals surface area contributed by atoms with Gasteiger partial charge in [-0.2, -0.15) is 0 Å². The van der Waals surface area contributed by atoms with Crippen molar-refractivity contribution >= 4 is 28.2 Å². The van der Waals surface area contributed by atoms with Crippen molar-refractivity contribution < 1.29 is 14.3 Å². The summed E-state index contributed by atoms with van der Waals surface area (Å²) in [6, 6.07) is 18.9. The second kappa shape index (κ2) is 8.88. The lowest BCUT2D eigenvalue weighted by Crippen LogP contribution is -2.39. The fourth-order valence-corrected chi connectivity index (χ4v) is 3.19. The Bertz CT molecular complexity index is 1050. The van der Waals surface area contributed by atoms with Gasteiger partial charge in [0, 0.05) is 17.8 Å². The molecule has 3 aromatic rings. The monoisotopic (exact) mass is 390 g/mol. The molecule has 0 fully saturated rings. The molecule has 0 aromatic heterocycles. The van der Waals surface area contributed by atoms with E-state index in [1.807, 2.05) is 37.1 Å². The van der Waals surface area contributed by atoms with Crippen molar-refractivity contribution in [3.63, 3.8) is 0 Å². The number of ketones is 1. The number of likely N-dealkylation sites (N-methyl/N-ethyl adjacent to an activating group) is 1. The standard InChI is InChI=1S/C24H26N2O3/c1-16(24(28)25-22-7-5-6-19(13-22)17(2)27)26(3)15-18-8-9-21-14-23(29-4)11-10-20(21)12-18/h5-14,16H,15H2,1-4H3,(H,25,28)/t16-/m1/s1. The third-order valence-electron chi connectivity index (χ3n) is 5.12. The molecule has 0 aliphatic carbocycles. The highest BCUT2D eigenvalue weighted by molar-refractivity contribution is 5.98. The molecule has 1 amide bonds. The van der Waals surface area contributed by atoms with Crippen LogP contribution in [0.15, 0.2) is 60.7 Å². The third-order valence-corrected chi connectivity index (χ3v) is 5.12. The third kappa shape index (κ3) is 5.00. The molecule has 0 aliphatic heterocycles. The van der Waals surface area contributed by atoms with E-state index in [9.17, 15) is 9.59 Å². The maximum Gasteiger partial charge on any atom is 0.241 e. The summed E-state index contributed by atoms with van der Waals surface area (Å²) in [5, 5.41) is 5.15. The van der Waals surface area contributed by atoms with Crippen molar-refractivity contribution in [2.24, 2.45) is 0 Å². The van der Waals surface area contributed by atoms with Gasteiger partial charge in [0.1, 0.15) is 5.75 Å². The Morgan fingerprint density at radius 1 is 1.03 bits per heavy atom. The highest BCUT2D eigenvalue weighted by Gasteiger charge is 2.18. The van der Waals surface area contributed by atoms with E-state index in [0.29, 0.717) is 17.8 Å². The Hall–Kier alpha value is -3.18. The molecule has 29 heavy (non-hydrogen) atoms. The van der Waals surface area contributed by atoms with Gasteiger partial charge in [-0.3, -0.25) is 14.5 Å². The Balaban J connectivity index is 1.67. The molecule has 0 unspecified atom stereocenters. The van der Waals surface area contributed by atoms with E-state index < -0.39 is 0 Å². The van der Waals surface area contributed by atoms with Crippen LogP contribution in [0.5, 0.6) is 5.75 Å². The van der Waals surface area contributed by atoms with Gasteiger partial charge >= 0.3 is 0 Å². The molecule has 0 saturated carbocycles. The molecule has 150 valence electrons. The van der Waals surface area contributed by atoms with Gasteiger partial charge < -0.3 is 10.1 Å². The van der Waals surface area contributed by atoms with Crippen LogP contribution in [0.1, 0.15) is 29.8 Å². The maximum atomic E-state index is 12.7. The van der Waals surface area contributed by atoms with Crippen LogP contribution in [0.3, 0.4) is 0 Å². The zero-order valence-corrected chi connectivity index (χ0v) is 17.2. The first kappa shape index (κ1) is 20.6. The number of fused-ring (bicyclic) bond motifs is 1. The van der Waals surface area contributed by atoms with Gasteiger partial charge in [0.2, 0.25) is 5.91 Å². The minimum absolute atomic E-state index is 0.0276. The fourth-order valence-electron chi connectivity index (χ4n) is 3.19. The summed E-state index contributed by atoms with van der Waals surface area (Å²) in [5.41, 5.74) is 2.34. The molecule has 5 heteroatoms. The number of carbonyl (C=O) groups excluding carboxylic acids is 2. The molecule has 0 spiro atoms. The number of methoxy groups -OCH3 is 1. The Morgan fingerprint density at radius 3 is 2.48 bits per heavy atom. The molecule has 3 rings (SSSR count). The van der Waals surface area contributed by atoms with E-state index in [4.69, 9.17) is 4.74 Å². The average molecular weight is 390 g/mol. The first-order chi connectivity index (χ1) is 13.9. The lowest BCUT2D eigenvalue weighted by molar-refractivity contribution is -0.120. The van der Waals surface area contributed by atoms with E-state index in [2.05, 4.69) is 23.5 Å². The lowest BCUT2D eigenvalue weighted by Gasteiger charge is -2.24. The van der Waals surface area contributed by atoms with Crippen LogP contribution >= 0.6 is 0 Å². The van der Waals surface area contributed by atoms with Crippen LogP contribution < -0.4 is 10.1 Å². The molecule has 1 atom stereocenters. The van der Waals surface area contributed by atoms with E-state index in [1.165, 1.54) is 6.92 Å². The number of anilines is 1. The van der Waals surface area contributed by atoms with Gasteiger partial charge in [0.05, 0.1) is 13.2 Å². The second-order valence-electron chi connectivity index (χ2n) is 7.26. The summed E-state index contributed by atoms with van der Waals surface area (Å²) < 4.78 is 5.27. The Kier molecular flexibility index (Phi) is 6.29. The van der Waals surface area contributed by atoms with E-state index >= 15 is 0 Å². The van der Waals surface area contributed by atoms with Gasteiger partial charge in [0.15, 0.2) is 5.78 Å². The summed E-state index contributed by atoms with van der Waals surface area (Å²) in [6.45, 7) is 4.02. The predicted octanol–water partition coefficient (Wildman–Crippen LogP) is 4.51. The molecular formula is C24H26N2O3. The number of nitrogens with zero attached hydrogens (tertiary/aromatic N) is 1. The quantitative estimate of drug-likeness (QED) is 0.603. The zero-order chi connectivity index (χ0) is 21.0. The van der Waals surface area contributed by atoms with Crippen molar-refractivity contribution in [2.75, 3.05) is 19.5 Å². The minimum atomic E-state index is -0.331. The molecule has 0 heterocycles. The number of nitrogens with one attached hydrogen (secondary N) is 1. The summed E-state index contributed by atoms with van der Waals surface area (Å²) in [5.74, 6) is 0.695. The van der Waals surface area contributed by atoms with Crippen molar-refractivity contribution in [2.45, 2.75) is 26.4 Å². The number of amides is 1. The number of hydrogen-bond donors (Lipinski definition) is 1. The molecule has 3 aromatic carbocycles. The van der Waals surface area contributed by atoms with Gasteiger partial charge in [-0.05, 0) is 67.6 Å². The molecule has 1 N–H and O–H groups in total. The number of hydrogen-bond acceptors (Lipinski definition) is 4. The second-order valence-corrected chi connectivity index (χ2v) is 7.26. The predicted molar refractivity (Wildman–Crippen MR) is 117 cm³/mol. The van der Waals surface area contributed by atoms with Crippen molar-refractivity contribution in [1.82, 2.24) is 4.90 Å². The van der Waals surface area contributed by atoms with E-state index in [-0.39, 0.29) is 17.7 Å². The van der Waals surface area contributed by atoms with Crippen molar-refractivity contribution in [1.29, 1.82) is 0 Å². The molecule has 0 aliphatic rings. The number of carbonyl (C=O) groups is 2. The number of Topliss-reactive ketones (excluding diaryl/α,β-unsaturated/α-hetero) is 1. The first-order valence-electron chi connectivity index (χ1n) is 9.56. The van der Waals surface area contributed by atoms with Crippen LogP contribution in [0.4, 0.5) is 5.69 Å². The van der Waals surface area contributed by atoms with Crippen LogP contribution in [-0.4, -0.2) is 36.8 Å². The average Bonchev–Trinajstić information content (AvgIpc) is 2.72. The lowest BCUT2D eigenvalue weighted by atomic mass is 10.1. The van der Waals surface area contributed by atoms with E-state index in [0.717, 1.165) is 22.1 Å². The maximum absolute atomic E-state index is 12.7. The van der Waals surface area contributed by atoms with Crippen LogP contribution in [0.2, 0.25) is 0 Å². The first-order valence-corrected chi connectivity index (χ1v) is 9.56. The molecule has 0 bridgehead atoms. The smallest absolute Gasteiger partial charge is 0.241 e. The molecule has 0 saturated heterocycles. The normalized spacial score (nSPS) is 12.0. The van der Waals surface area contributed by atoms with E-state index in [1.54, 1.807) is 31.4 Å². The van der Waals surface area contributed by atoms with Gasteiger partial charge in [0.25, 0.3) is 0 Å². The van der Waals surface area contributed by atoms with Gasteiger partial charge in [-0.15, -0.1) is 0 Å². The summed E-state index contributed by atoms with van der Waals surface area (Å²) in [6.07, 6.45) is 0. The number of ether oxygens (including phenoxy) is 1. The van der Waals surface area contributed by atoms with Crippen LogP contribution in [0, 0.1) is 0 Å². The Labute approximate surface area is 171 Å². The summed E-state index contributed by atoms with van der Waals surface area (Å²) >= 11 is 0. The largest absolute Gasteiger partial charge is 0.497 e. The SMILES string of the molecule is COc1ccc2cc(CN(C)[C@H](C)C(=O)Nc3cccc(C(C)=O)c3)ccc2c1. The summed E-state index contributed by atoms with van der Waals surface area (Å²) in [4.78, 5) is 26.2.